The van der Waals surface area contributed by atoms with Gasteiger partial charge in [-0.3, -0.25) is 0 Å². The molecule has 0 aliphatic carbocycles. The van der Waals surface area contributed by atoms with Gasteiger partial charge in [0.15, 0.2) is 13.6 Å². The van der Waals surface area contributed by atoms with Crippen LogP contribution < -0.4 is 0 Å². The van der Waals surface area contributed by atoms with E-state index in [0.717, 1.165) is 13.2 Å². The van der Waals surface area contributed by atoms with E-state index < -0.39 is 0 Å². The third-order valence-electron chi connectivity index (χ3n) is 1.49. The van der Waals surface area contributed by atoms with Gasteiger partial charge >= 0.3 is 0 Å². The lowest BCUT2D eigenvalue weighted by molar-refractivity contribution is -0.247. The second-order valence-corrected chi connectivity index (χ2v) is 3.80. The number of hydrogen-bond donors (Lipinski definition) is 0. The first kappa shape index (κ1) is 10.3. The molecule has 3 rings (SSSR count). The lowest BCUT2D eigenvalue weighted by atomic mass is 10.4. The normalized spacial score (nSPS) is 24.0. The zero-order valence-electron chi connectivity index (χ0n) is 7.29. The standard InChI is InChI=1S/C3H6O.C3H6S.C2H4O2/c2*1-2-4-3-1;1-3-2-4-1/h2*1-3H2;1-2H2. The highest BCUT2D eigenvalue weighted by Gasteiger charge is 1.95. The number of rotatable bonds is 0. The SMILES string of the molecule is C1COC1.C1CSC1.C1OCO1. The summed E-state index contributed by atoms with van der Waals surface area (Å²) >= 11 is 2.04. The molecule has 3 aliphatic rings. The third kappa shape index (κ3) is 5.83. The van der Waals surface area contributed by atoms with Gasteiger partial charge in [-0.25, -0.2) is 0 Å². The van der Waals surface area contributed by atoms with Crippen LogP contribution in [0.1, 0.15) is 12.8 Å². The molecule has 0 N–H and O–H groups in total. The highest BCUT2D eigenvalue weighted by atomic mass is 32.2. The minimum absolute atomic E-state index is 0.500. The number of ether oxygens (including phenoxy) is 3. The average molecular weight is 192 g/mol. The van der Waals surface area contributed by atoms with Gasteiger partial charge in [-0.2, -0.15) is 11.8 Å². The molecule has 3 aliphatic heterocycles. The largest absolute Gasteiger partial charge is 0.381 e. The van der Waals surface area contributed by atoms with Crippen molar-refractivity contribution in [3.05, 3.63) is 0 Å². The molecule has 4 heteroatoms. The second-order valence-electron chi connectivity index (χ2n) is 2.58. The zero-order chi connectivity index (χ0) is 8.49. The number of thioether (sulfide) groups is 1. The smallest absolute Gasteiger partial charge is 0.152 e. The fourth-order valence-electron chi connectivity index (χ4n) is 0.372. The van der Waals surface area contributed by atoms with Gasteiger partial charge in [-0.15, -0.1) is 0 Å². The molecule has 0 saturated carbocycles. The van der Waals surface area contributed by atoms with Gasteiger partial charge in [-0.1, -0.05) is 0 Å². The molecule has 3 fully saturated rings. The van der Waals surface area contributed by atoms with Gasteiger partial charge in [0.05, 0.1) is 0 Å². The fourth-order valence-corrected chi connectivity index (χ4v) is 0.661. The molecule has 0 aromatic carbocycles. The predicted octanol–water partition coefficient (Wildman–Crippen LogP) is 1.48. The molecule has 0 atom stereocenters. The van der Waals surface area contributed by atoms with Crippen LogP contribution in [0, 0.1) is 0 Å². The van der Waals surface area contributed by atoms with Crippen molar-refractivity contribution in [3.63, 3.8) is 0 Å². The molecule has 0 spiro atoms. The molecule has 72 valence electrons. The van der Waals surface area contributed by atoms with Crippen LogP contribution in [0.4, 0.5) is 0 Å². The van der Waals surface area contributed by atoms with Crippen LogP contribution in [0.2, 0.25) is 0 Å². The van der Waals surface area contributed by atoms with Crippen LogP contribution in [-0.4, -0.2) is 38.3 Å². The molecule has 3 saturated heterocycles. The van der Waals surface area contributed by atoms with E-state index >= 15 is 0 Å². The Morgan fingerprint density at radius 3 is 1.00 bits per heavy atom. The molecule has 0 radical (unpaired) electrons. The Bertz CT molecular complexity index is 57.3. The monoisotopic (exact) mass is 192 g/mol. The van der Waals surface area contributed by atoms with Crippen molar-refractivity contribution in [1.29, 1.82) is 0 Å². The van der Waals surface area contributed by atoms with E-state index in [1.54, 1.807) is 0 Å². The fraction of sp³-hybridized carbons (Fsp3) is 1.00. The predicted molar refractivity (Wildman–Crippen MR) is 49.3 cm³/mol. The Balaban J connectivity index is 0.0000000900. The highest BCUT2D eigenvalue weighted by molar-refractivity contribution is 8.00. The number of hydrogen-bond acceptors (Lipinski definition) is 4. The van der Waals surface area contributed by atoms with Gasteiger partial charge < -0.3 is 14.2 Å². The second kappa shape index (κ2) is 7.86. The molecule has 0 aromatic heterocycles. The zero-order valence-corrected chi connectivity index (χ0v) is 8.11. The summed E-state index contributed by atoms with van der Waals surface area (Å²) in [6.07, 6.45) is 2.74. The van der Waals surface area contributed by atoms with E-state index in [4.69, 9.17) is 4.74 Å². The molecule has 12 heavy (non-hydrogen) atoms. The van der Waals surface area contributed by atoms with E-state index in [9.17, 15) is 0 Å². The highest BCUT2D eigenvalue weighted by Crippen LogP contribution is 2.14. The lowest BCUT2D eigenvalue weighted by Gasteiger charge is -2.10. The van der Waals surface area contributed by atoms with Crippen LogP contribution in [0.25, 0.3) is 0 Å². The molecule has 3 heterocycles. The van der Waals surface area contributed by atoms with Crippen molar-refractivity contribution in [1.82, 2.24) is 0 Å². The van der Waals surface area contributed by atoms with Crippen LogP contribution >= 0.6 is 11.8 Å². The summed E-state index contributed by atoms with van der Waals surface area (Å²) in [5.41, 5.74) is 0. The van der Waals surface area contributed by atoms with Gasteiger partial charge in [0.25, 0.3) is 0 Å². The maximum atomic E-state index is 4.72. The lowest BCUT2D eigenvalue weighted by Crippen LogP contribution is -2.14. The average Bonchev–Trinajstić information content (AvgIpc) is 1.41. The summed E-state index contributed by atoms with van der Waals surface area (Å²) in [4.78, 5) is 0. The summed E-state index contributed by atoms with van der Waals surface area (Å²) < 4.78 is 13.7. The van der Waals surface area contributed by atoms with Crippen molar-refractivity contribution in [2.75, 3.05) is 38.3 Å². The minimum Gasteiger partial charge on any atom is -0.381 e. The van der Waals surface area contributed by atoms with Gasteiger partial charge in [0, 0.05) is 13.2 Å². The van der Waals surface area contributed by atoms with Crippen LogP contribution in [0.3, 0.4) is 0 Å². The van der Waals surface area contributed by atoms with E-state index in [2.05, 4.69) is 9.47 Å². The first-order chi connectivity index (χ1) is 6.00. The summed E-state index contributed by atoms with van der Waals surface area (Å²) in [6.45, 7) is 3.00. The van der Waals surface area contributed by atoms with Crippen LogP contribution in [0.15, 0.2) is 0 Å². The molecular weight excluding hydrogens is 176 g/mol. The Morgan fingerprint density at radius 1 is 0.750 bits per heavy atom. The topological polar surface area (TPSA) is 27.7 Å². The van der Waals surface area contributed by atoms with Crippen LogP contribution in [-0.2, 0) is 14.2 Å². The Morgan fingerprint density at radius 2 is 1.00 bits per heavy atom. The Labute approximate surface area is 77.8 Å². The molecule has 0 aromatic rings. The van der Waals surface area contributed by atoms with Crippen LogP contribution in [0.5, 0.6) is 0 Å². The van der Waals surface area contributed by atoms with Gasteiger partial charge in [-0.05, 0) is 24.3 Å². The van der Waals surface area contributed by atoms with E-state index in [1.807, 2.05) is 11.8 Å². The Hall–Kier alpha value is 0.230. The molecular formula is C8H16O3S. The van der Waals surface area contributed by atoms with Crippen molar-refractivity contribution in [3.8, 4) is 0 Å². The molecule has 0 amide bonds. The summed E-state index contributed by atoms with van der Waals surface area (Å²) in [5, 5.41) is 0. The third-order valence-corrected chi connectivity index (χ3v) is 2.64. The molecule has 0 unspecified atom stereocenters. The molecule has 3 nitrogen and oxygen atoms in total. The van der Waals surface area contributed by atoms with Crippen molar-refractivity contribution in [2.24, 2.45) is 0 Å². The van der Waals surface area contributed by atoms with Crippen molar-refractivity contribution >= 4 is 11.8 Å². The summed E-state index contributed by atoms with van der Waals surface area (Å²) in [6, 6.07) is 0. The summed E-state index contributed by atoms with van der Waals surface area (Å²) in [5.74, 6) is 2.83. The van der Waals surface area contributed by atoms with E-state index in [0.29, 0.717) is 13.6 Å². The first-order valence-corrected chi connectivity index (χ1v) is 5.46. The molecule has 0 bridgehead atoms. The first-order valence-electron chi connectivity index (χ1n) is 4.31. The van der Waals surface area contributed by atoms with E-state index in [-0.39, 0.29) is 0 Å². The maximum Gasteiger partial charge on any atom is 0.152 e. The van der Waals surface area contributed by atoms with Gasteiger partial charge in [0.2, 0.25) is 0 Å². The van der Waals surface area contributed by atoms with Crippen molar-refractivity contribution < 1.29 is 14.2 Å². The van der Waals surface area contributed by atoms with E-state index in [1.165, 1.54) is 24.3 Å². The maximum absolute atomic E-state index is 4.72. The quantitative estimate of drug-likeness (QED) is 0.581. The minimum atomic E-state index is 0.500. The van der Waals surface area contributed by atoms with Gasteiger partial charge in [0.1, 0.15) is 0 Å². The summed E-state index contributed by atoms with van der Waals surface area (Å²) in [7, 11) is 0. The Kier molecular flexibility index (Phi) is 6.75. The van der Waals surface area contributed by atoms with Crippen molar-refractivity contribution in [2.45, 2.75) is 12.8 Å².